The van der Waals surface area contributed by atoms with E-state index in [9.17, 15) is 33.6 Å². The van der Waals surface area contributed by atoms with E-state index in [-0.39, 0.29) is 13.2 Å². The molecule has 11 N–H and O–H groups in total. The molecule has 0 amide bonds. The Morgan fingerprint density at radius 3 is 0.778 bits per heavy atom. The van der Waals surface area contributed by atoms with E-state index < -0.39 is 80.3 Å². The van der Waals surface area contributed by atoms with Crippen molar-refractivity contribution in [3.8, 4) is 0 Å². The van der Waals surface area contributed by atoms with Gasteiger partial charge < -0.3 is 60.9 Å². The number of carbonyl (C=O) groups is 5. The lowest BCUT2D eigenvalue weighted by Gasteiger charge is -2.31. The van der Waals surface area contributed by atoms with Crippen molar-refractivity contribution in [2.45, 2.75) is 25.7 Å². The molecule has 310 valence electrons. The number of rotatable bonds is 22. The van der Waals surface area contributed by atoms with E-state index in [0.717, 1.165) is 56.1 Å². The van der Waals surface area contributed by atoms with Gasteiger partial charge in [0.2, 0.25) is 12.2 Å². The molecule has 0 bridgehead atoms. The summed E-state index contributed by atoms with van der Waals surface area (Å²) in [6.45, 7) is 12.9. The highest BCUT2D eigenvalue weighted by molar-refractivity contribution is 5.80. The van der Waals surface area contributed by atoms with Crippen molar-refractivity contribution in [1.29, 1.82) is 0 Å². The number of aliphatic imine (C=N–C) groups is 2. The first-order chi connectivity index (χ1) is 25.3. The number of carbonyl (C=O) groups excluding carboxylic acids is 2. The number of aliphatic carboxylic acids is 5. The number of isocyanates is 2. The van der Waals surface area contributed by atoms with Crippen LogP contribution < -0.4 is 0 Å². The van der Waals surface area contributed by atoms with Crippen LogP contribution >= 0.6 is 0 Å². The van der Waals surface area contributed by atoms with Gasteiger partial charge in [0.05, 0.1) is 76.8 Å². The second-order valence-corrected chi connectivity index (χ2v) is 9.51. The Hall–Kier alpha value is -5.47. The Morgan fingerprint density at radius 1 is 0.463 bits per heavy atom. The second kappa shape index (κ2) is 49.6. The van der Waals surface area contributed by atoms with E-state index in [2.05, 4.69) is 42.9 Å². The first kappa shape index (κ1) is 63.6. The maximum absolute atomic E-state index is 9.63. The van der Waals surface area contributed by atoms with E-state index in [1.54, 1.807) is 0 Å². The molecule has 0 atom stereocenters. The molecule has 0 aliphatic heterocycles. The van der Waals surface area contributed by atoms with Crippen LogP contribution in [0.2, 0.25) is 0 Å². The summed E-state index contributed by atoms with van der Waals surface area (Å²) in [7, 11) is 0. The Morgan fingerprint density at radius 2 is 0.648 bits per heavy atom. The maximum atomic E-state index is 9.63. The smallest absolute Gasteiger partial charge is 0.327 e. The molecule has 0 aliphatic carbocycles. The number of unbranched alkanes of at least 4 members (excludes halogenated alkanes) is 3. The number of hydrogen-bond acceptors (Lipinski definition) is 16. The summed E-state index contributed by atoms with van der Waals surface area (Å²) >= 11 is 0. The zero-order valence-corrected chi connectivity index (χ0v) is 29.9. The van der Waals surface area contributed by atoms with Crippen LogP contribution in [0.25, 0.3) is 0 Å². The number of carboxylic acid groups (broad SMARTS) is 5. The van der Waals surface area contributed by atoms with Crippen LogP contribution in [0.15, 0.2) is 73.3 Å². The van der Waals surface area contributed by atoms with Gasteiger partial charge in [0, 0.05) is 30.4 Å². The highest BCUT2D eigenvalue weighted by atomic mass is 16.5. The van der Waals surface area contributed by atoms with Gasteiger partial charge in [-0.15, -0.1) is 0 Å². The van der Waals surface area contributed by atoms with Crippen LogP contribution in [0.5, 0.6) is 0 Å². The van der Waals surface area contributed by atoms with Crippen LogP contribution in [-0.2, 0) is 38.3 Å². The summed E-state index contributed by atoms with van der Waals surface area (Å²) in [5, 5.41) is 92.2. The van der Waals surface area contributed by atoms with Gasteiger partial charge in [-0.05, 0) is 12.8 Å². The minimum Gasteiger partial charge on any atom is -0.478 e. The molecular weight excluding hydrogens is 728 g/mol. The summed E-state index contributed by atoms with van der Waals surface area (Å²) in [4.78, 5) is 72.3. The summed E-state index contributed by atoms with van der Waals surface area (Å²) in [6.07, 6.45) is 11.0. The van der Waals surface area contributed by atoms with Gasteiger partial charge in [0.25, 0.3) is 0 Å². The molecule has 0 spiro atoms. The minimum atomic E-state index is -1.16. The topological polar surface area (TPSA) is 376 Å². The highest BCUT2D eigenvalue weighted by Crippen LogP contribution is 2.19. The van der Waals surface area contributed by atoms with Crippen molar-refractivity contribution < 1.29 is 94.5 Å². The molecular formula is C33H54N2O19. The third kappa shape index (κ3) is 61.7. The monoisotopic (exact) mass is 782 g/mol. The van der Waals surface area contributed by atoms with E-state index in [1.807, 2.05) is 0 Å². The zero-order valence-electron chi connectivity index (χ0n) is 29.9. The Kier molecular flexibility index (Phi) is 58.4. The predicted octanol–water partition coefficient (Wildman–Crippen LogP) is -0.567. The summed E-state index contributed by atoms with van der Waals surface area (Å²) in [5.74, 6) is -4.91. The van der Waals surface area contributed by atoms with Crippen molar-refractivity contribution in [1.82, 2.24) is 0 Å². The lowest BCUT2D eigenvalue weighted by atomic mass is 9.91. The Labute approximate surface area is 312 Å². The molecule has 0 saturated heterocycles. The molecule has 0 aliphatic rings. The van der Waals surface area contributed by atoms with Crippen molar-refractivity contribution >= 4 is 42.0 Å². The summed E-state index contributed by atoms with van der Waals surface area (Å²) in [6, 6.07) is 0. The van der Waals surface area contributed by atoms with E-state index >= 15 is 0 Å². The fraction of sp³-hybridized carbons (Fsp3) is 0.485. The Bertz CT molecular complexity index is 973. The second-order valence-electron chi connectivity index (χ2n) is 9.51. The fourth-order valence-corrected chi connectivity index (χ4v) is 1.88. The molecule has 21 heteroatoms. The van der Waals surface area contributed by atoms with Gasteiger partial charge in [-0.3, -0.25) is 0 Å². The molecule has 0 heterocycles. The van der Waals surface area contributed by atoms with Gasteiger partial charge in [-0.2, -0.15) is 0 Å². The average molecular weight is 783 g/mol. The molecule has 0 fully saturated rings. The van der Waals surface area contributed by atoms with E-state index in [0.29, 0.717) is 13.1 Å². The van der Waals surface area contributed by atoms with Crippen LogP contribution in [0.1, 0.15) is 25.7 Å². The number of ether oxygens (including phenoxy) is 1. The van der Waals surface area contributed by atoms with Gasteiger partial charge in [-0.1, -0.05) is 45.7 Å². The average Bonchev–Trinajstić information content (AvgIpc) is 3.17. The van der Waals surface area contributed by atoms with Crippen molar-refractivity contribution in [2.75, 3.05) is 65.9 Å². The quantitative estimate of drug-likeness (QED) is 0.0283. The van der Waals surface area contributed by atoms with E-state index in [4.69, 9.17) is 60.9 Å². The summed E-state index contributed by atoms with van der Waals surface area (Å²) < 4.78 is 5.15. The third-order valence-corrected chi connectivity index (χ3v) is 5.12. The maximum Gasteiger partial charge on any atom is 0.327 e. The van der Waals surface area contributed by atoms with Gasteiger partial charge in [0.1, 0.15) is 0 Å². The lowest BCUT2D eigenvalue weighted by molar-refractivity contribution is -0.132. The summed E-state index contributed by atoms with van der Waals surface area (Å²) in [5.41, 5.74) is -2.32. The van der Waals surface area contributed by atoms with Crippen LogP contribution in [0.3, 0.4) is 0 Å². The molecule has 0 aromatic rings. The third-order valence-electron chi connectivity index (χ3n) is 5.12. The van der Waals surface area contributed by atoms with Crippen molar-refractivity contribution in [2.24, 2.45) is 20.8 Å². The number of aliphatic hydroxyl groups excluding tert-OH is 6. The molecule has 54 heavy (non-hydrogen) atoms. The van der Waals surface area contributed by atoms with E-state index in [1.165, 1.54) is 12.2 Å². The SMILES string of the molecule is C=CC(=O)O.C=CC(=O)O.C=CC(=O)O.C=CC(=O)O.C=CC(=O)O.O=C=NCCCCCCN=C=O.OCC(CO)(CO)COCC(CO)(CO)CO. The van der Waals surface area contributed by atoms with Gasteiger partial charge in [-0.25, -0.2) is 43.5 Å². The first-order valence-corrected chi connectivity index (χ1v) is 14.9. The van der Waals surface area contributed by atoms with Crippen LogP contribution in [0, 0.1) is 10.8 Å². The standard InChI is InChI=1S/C10H22O7.C8H12N2O2.5C3H4O2/c11-1-9(2-12,3-13)7-17-8-10(4-14,5-15)6-16;11-7-9-5-3-1-2-4-6-10-8-12;5*1-2-3(4)5/h11-16H,1-8H2;1-6H2;5*2H,1H2,(H,4,5). The molecule has 0 aromatic heterocycles. The Balaban J connectivity index is -0.000000104. The minimum absolute atomic E-state index is 0.141. The van der Waals surface area contributed by atoms with Gasteiger partial charge >= 0.3 is 29.8 Å². The van der Waals surface area contributed by atoms with Crippen LogP contribution in [-0.4, -0.2) is 164 Å². The van der Waals surface area contributed by atoms with Crippen molar-refractivity contribution in [3.05, 3.63) is 63.3 Å². The fourth-order valence-electron chi connectivity index (χ4n) is 1.88. The molecule has 0 rings (SSSR count). The predicted molar refractivity (Wildman–Crippen MR) is 192 cm³/mol. The number of carboxylic acids is 5. The molecule has 0 radical (unpaired) electrons. The largest absolute Gasteiger partial charge is 0.478 e. The molecule has 0 saturated carbocycles. The number of nitrogens with zero attached hydrogens (tertiary/aromatic N) is 2. The number of hydrogen-bond donors (Lipinski definition) is 11. The zero-order chi connectivity index (χ0) is 43.9. The molecule has 0 unspecified atom stereocenters. The highest BCUT2D eigenvalue weighted by Gasteiger charge is 2.32. The molecule has 0 aromatic carbocycles. The lowest BCUT2D eigenvalue weighted by Crippen LogP contribution is -2.43. The van der Waals surface area contributed by atoms with Crippen molar-refractivity contribution in [3.63, 3.8) is 0 Å². The first-order valence-electron chi connectivity index (χ1n) is 14.9. The number of aliphatic hydroxyl groups is 6. The normalized spacial score (nSPS) is 8.93. The van der Waals surface area contributed by atoms with Gasteiger partial charge in [0.15, 0.2) is 0 Å². The molecule has 21 nitrogen and oxygen atoms in total. The van der Waals surface area contributed by atoms with Crippen LogP contribution in [0.4, 0.5) is 0 Å².